The van der Waals surface area contributed by atoms with Gasteiger partial charge in [-0.05, 0) is 75.2 Å². The molecule has 0 aromatic heterocycles. The minimum atomic E-state index is -4.28. The van der Waals surface area contributed by atoms with Crippen molar-refractivity contribution in [2.75, 3.05) is 10.8 Å². The molecular formula is C35H36Cl3N3O4S. The lowest BCUT2D eigenvalue weighted by Crippen LogP contribution is -2.54. The number of halogens is 3. The van der Waals surface area contributed by atoms with E-state index >= 15 is 0 Å². The Kier molecular flexibility index (Phi) is 11.8. The van der Waals surface area contributed by atoms with E-state index in [0.717, 1.165) is 15.4 Å². The predicted molar refractivity (Wildman–Crippen MR) is 186 cm³/mol. The number of carbonyl (C=O) groups excluding carboxylic acids is 2. The molecule has 0 radical (unpaired) electrons. The van der Waals surface area contributed by atoms with Crippen molar-refractivity contribution in [1.82, 2.24) is 10.2 Å². The van der Waals surface area contributed by atoms with Crippen molar-refractivity contribution in [2.45, 2.75) is 57.6 Å². The normalized spacial score (nSPS) is 12.1. The molecule has 0 bridgehead atoms. The highest BCUT2D eigenvalue weighted by Crippen LogP contribution is 2.31. The molecule has 0 aliphatic heterocycles. The van der Waals surface area contributed by atoms with Gasteiger partial charge in [0.1, 0.15) is 12.6 Å². The van der Waals surface area contributed by atoms with Crippen LogP contribution in [0.1, 0.15) is 36.1 Å². The van der Waals surface area contributed by atoms with Crippen LogP contribution < -0.4 is 9.62 Å². The fourth-order valence-electron chi connectivity index (χ4n) is 4.99. The average Bonchev–Trinajstić information content (AvgIpc) is 3.00. The third-order valence-corrected chi connectivity index (χ3v) is 10.1. The number of benzene rings is 4. The predicted octanol–water partition coefficient (Wildman–Crippen LogP) is 7.62. The van der Waals surface area contributed by atoms with Gasteiger partial charge in [-0.25, -0.2) is 8.42 Å². The number of anilines is 1. The number of rotatable bonds is 12. The lowest BCUT2D eigenvalue weighted by Gasteiger charge is -2.34. The molecular weight excluding hydrogens is 665 g/mol. The zero-order valence-electron chi connectivity index (χ0n) is 26.0. The summed E-state index contributed by atoms with van der Waals surface area (Å²) >= 11 is 19.5. The lowest BCUT2D eigenvalue weighted by atomic mass is 10.0. The Morgan fingerprint density at radius 3 is 2.07 bits per heavy atom. The molecule has 46 heavy (non-hydrogen) atoms. The van der Waals surface area contributed by atoms with Gasteiger partial charge in [0.15, 0.2) is 0 Å². The minimum absolute atomic E-state index is 0.00404. The Hall–Kier alpha value is -3.56. The molecule has 4 rings (SSSR count). The summed E-state index contributed by atoms with van der Waals surface area (Å²) < 4.78 is 29.6. The lowest BCUT2D eigenvalue weighted by molar-refractivity contribution is -0.140. The van der Waals surface area contributed by atoms with Gasteiger partial charge in [0.25, 0.3) is 10.0 Å². The van der Waals surface area contributed by atoms with Crippen molar-refractivity contribution in [3.05, 3.63) is 128 Å². The first-order chi connectivity index (χ1) is 21.8. The van der Waals surface area contributed by atoms with Crippen LogP contribution in [0.4, 0.5) is 5.69 Å². The smallest absolute Gasteiger partial charge is 0.264 e. The van der Waals surface area contributed by atoms with Crippen molar-refractivity contribution in [1.29, 1.82) is 0 Å². The maximum absolute atomic E-state index is 14.6. The van der Waals surface area contributed by atoms with Crippen LogP contribution in [0.3, 0.4) is 0 Å². The number of nitrogens with one attached hydrogen (secondary N) is 1. The largest absolute Gasteiger partial charge is 0.352 e. The molecule has 1 atom stereocenters. The van der Waals surface area contributed by atoms with Gasteiger partial charge in [0.05, 0.1) is 10.6 Å². The molecule has 4 aromatic carbocycles. The highest BCUT2D eigenvalue weighted by molar-refractivity contribution is 7.92. The molecule has 0 saturated heterocycles. The van der Waals surface area contributed by atoms with Gasteiger partial charge >= 0.3 is 0 Å². The van der Waals surface area contributed by atoms with Crippen LogP contribution in [0.25, 0.3) is 0 Å². The van der Waals surface area contributed by atoms with E-state index in [4.69, 9.17) is 34.8 Å². The summed E-state index contributed by atoms with van der Waals surface area (Å²) in [6.45, 7) is 6.47. The van der Waals surface area contributed by atoms with E-state index in [9.17, 15) is 18.0 Å². The number of amides is 2. The van der Waals surface area contributed by atoms with Crippen molar-refractivity contribution < 1.29 is 18.0 Å². The van der Waals surface area contributed by atoms with Gasteiger partial charge in [0, 0.05) is 39.6 Å². The number of hydrogen-bond donors (Lipinski definition) is 1. The molecule has 4 aromatic rings. The van der Waals surface area contributed by atoms with Gasteiger partial charge < -0.3 is 10.2 Å². The van der Waals surface area contributed by atoms with Crippen LogP contribution >= 0.6 is 34.8 Å². The van der Waals surface area contributed by atoms with E-state index in [0.29, 0.717) is 26.2 Å². The van der Waals surface area contributed by atoms with Gasteiger partial charge in [-0.1, -0.05) is 95.0 Å². The average molecular weight is 701 g/mol. The third-order valence-electron chi connectivity index (χ3n) is 7.42. The fraction of sp³-hybridized carbons (Fsp3) is 0.257. The Labute approximate surface area is 286 Å². The first-order valence-corrected chi connectivity index (χ1v) is 17.3. The van der Waals surface area contributed by atoms with E-state index in [1.807, 2.05) is 51.1 Å². The zero-order valence-corrected chi connectivity index (χ0v) is 29.1. The van der Waals surface area contributed by atoms with Crippen molar-refractivity contribution >= 4 is 62.3 Å². The van der Waals surface area contributed by atoms with Crippen LogP contribution in [0, 0.1) is 13.8 Å². The van der Waals surface area contributed by atoms with Crippen LogP contribution in [0.15, 0.2) is 95.9 Å². The van der Waals surface area contributed by atoms with Crippen LogP contribution in [-0.4, -0.2) is 43.8 Å². The highest BCUT2D eigenvalue weighted by atomic mass is 35.5. The number of carbonyl (C=O) groups is 2. The number of hydrogen-bond acceptors (Lipinski definition) is 4. The molecule has 7 nitrogen and oxygen atoms in total. The molecule has 0 unspecified atom stereocenters. The highest BCUT2D eigenvalue weighted by Gasteiger charge is 2.36. The maximum atomic E-state index is 14.6. The van der Waals surface area contributed by atoms with E-state index in [2.05, 4.69) is 5.32 Å². The van der Waals surface area contributed by atoms with E-state index in [-0.39, 0.29) is 29.6 Å². The maximum Gasteiger partial charge on any atom is 0.264 e. The minimum Gasteiger partial charge on any atom is -0.352 e. The van der Waals surface area contributed by atoms with Crippen molar-refractivity contribution in [2.24, 2.45) is 0 Å². The second-order valence-corrected chi connectivity index (χ2v) is 14.5. The molecule has 2 amide bonds. The second-order valence-electron chi connectivity index (χ2n) is 11.3. The second kappa shape index (κ2) is 15.4. The number of aryl methyl sites for hydroxylation is 2. The Morgan fingerprint density at radius 1 is 0.826 bits per heavy atom. The van der Waals surface area contributed by atoms with Gasteiger partial charge in [-0.3, -0.25) is 13.9 Å². The summed E-state index contributed by atoms with van der Waals surface area (Å²) in [7, 11) is -4.28. The molecule has 0 saturated carbocycles. The number of sulfonamides is 1. The molecule has 0 spiro atoms. The van der Waals surface area contributed by atoms with Crippen LogP contribution in [-0.2, 0) is 32.6 Å². The fourth-order valence-corrected chi connectivity index (χ4v) is 7.14. The van der Waals surface area contributed by atoms with E-state index in [1.54, 1.807) is 49.4 Å². The summed E-state index contributed by atoms with van der Waals surface area (Å²) in [6, 6.07) is 24.2. The first kappa shape index (κ1) is 35.3. The topological polar surface area (TPSA) is 86.8 Å². The Balaban J connectivity index is 1.87. The molecule has 0 heterocycles. The molecule has 0 aliphatic carbocycles. The third kappa shape index (κ3) is 8.62. The first-order valence-electron chi connectivity index (χ1n) is 14.7. The van der Waals surface area contributed by atoms with Crippen LogP contribution in [0.2, 0.25) is 15.1 Å². The van der Waals surface area contributed by atoms with Gasteiger partial charge in [-0.15, -0.1) is 0 Å². The summed E-state index contributed by atoms with van der Waals surface area (Å²) in [6.07, 6.45) is 0.161. The molecule has 11 heteroatoms. The molecule has 242 valence electrons. The number of nitrogens with zero attached hydrogens (tertiary/aromatic N) is 2. The standard InChI is InChI=1S/C35H36Cl3N3O4S/c1-23(2)39-35(43)33(19-26-9-6-5-7-10-26)40(21-29-30(37)11-8-12-31(29)38)34(42)22-41(32-20-27(36)16-15-25(32)4)46(44,45)28-17-13-24(3)14-18-28/h5-18,20,23,33H,19,21-22H2,1-4H3,(H,39,43)/t33-/m0/s1. The van der Waals surface area contributed by atoms with E-state index in [1.165, 1.54) is 23.1 Å². The quantitative estimate of drug-likeness (QED) is 0.165. The summed E-state index contributed by atoms with van der Waals surface area (Å²) in [4.78, 5) is 29.8. The van der Waals surface area contributed by atoms with Crippen molar-refractivity contribution in [3.63, 3.8) is 0 Å². The monoisotopic (exact) mass is 699 g/mol. The van der Waals surface area contributed by atoms with Gasteiger partial charge in [0.2, 0.25) is 11.8 Å². The Morgan fingerprint density at radius 2 is 1.46 bits per heavy atom. The van der Waals surface area contributed by atoms with E-state index < -0.39 is 34.4 Å². The molecule has 0 aliphatic rings. The summed E-state index contributed by atoms with van der Waals surface area (Å²) in [5.41, 5.74) is 2.95. The van der Waals surface area contributed by atoms with Gasteiger partial charge in [-0.2, -0.15) is 0 Å². The van der Waals surface area contributed by atoms with Crippen molar-refractivity contribution in [3.8, 4) is 0 Å². The zero-order chi connectivity index (χ0) is 33.6. The molecule has 1 N–H and O–H groups in total. The van der Waals surface area contributed by atoms with Crippen LogP contribution in [0.5, 0.6) is 0 Å². The summed E-state index contributed by atoms with van der Waals surface area (Å²) in [5, 5.41) is 3.85. The summed E-state index contributed by atoms with van der Waals surface area (Å²) in [5.74, 6) is -1.03. The Bertz CT molecular complexity index is 1780. The molecule has 0 fully saturated rings. The SMILES string of the molecule is Cc1ccc(S(=O)(=O)N(CC(=O)N(Cc2c(Cl)cccc2Cl)[C@@H](Cc2ccccc2)C(=O)NC(C)C)c2cc(Cl)ccc2C)cc1.